The van der Waals surface area contributed by atoms with Gasteiger partial charge in [-0.25, -0.2) is 4.98 Å². The molecule has 5 heteroatoms. The highest BCUT2D eigenvalue weighted by Crippen LogP contribution is 2.26. The Morgan fingerprint density at radius 2 is 2.09 bits per heavy atom. The molecule has 0 unspecified atom stereocenters. The zero-order valence-electron chi connectivity index (χ0n) is 12.2. The van der Waals surface area contributed by atoms with E-state index in [0.29, 0.717) is 6.61 Å². The van der Waals surface area contributed by atoms with E-state index >= 15 is 0 Å². The fourth-order valence-corrected chi connectivity index (χ4v) is 3.00. The molecule has 2 heterocycles. The molecule has 0 atom stereocenters. The molecular formula is C17H16N2O2S. The van der Waals surface area contributed by atoms with E-state index in [1.165, 1.54) is 0 Å². The Morgan fingerprint density at radius 1 is 1.27 bits per heavy atom. The van der Waals surface area contributed by atoms with Crippen LogP contribution in [0.1, 0.15) is 12.6 Å². The lowest BCUT2D eigenvalue weighted by molar-refractivity contribution is -0.142. The largest absolute Gasteiger partial charge is 0.466 e. The molecule has 0 saturated carbocycles. The third-order valence-electron chi connectivity index (χ3n) is 3.18. The van der Waals surface area contributed by atoms with Gasteiger partial charge in [0.25, 0.3) is 0 Å². The highest BCUT2D eigenvalue weighted by atomic mass is 32.1. The van der Waals surface area contributed by atoms with Gasteiger partial charge >= 0.3 is 5.97 Å². The topological polar surface area (TPSA) is 44.1 Å². The minimum atomic E-state index is -0.236. The van der Waals surface area contributed by atoms with E-state index in [1.807, 2.05) is 42.0 Å². The Morgan fingerprint density at radius 3 is 2.86 bits per heavy atom. The van der Waals surface area contributed by atoms with Crippen molar-refractivity contribution in [2.75, 3.05) is 6.61 Å². The van der Waals surface area contributed by atoms with Gasteiger partial charge in [0.2, 0.25) is 0 Å². The minimum Gasteiger partial charge on any atom is -0.466 e. The number of nitrogens with zero attached hydrogens (tertiary/aromatic N) is 2. The van der Waals surface area contributed by atoms with Gasteiger partial charge < -0.3 is 9.30 Å². The molecule has 1 aromatic carbocycles. The number of carbonyl (C=O) groups excluding carboxylic acids is 1. The summed E-state index contributed by atoms with van der Waals surface area (Å²) in [6, 6.07) is 12.2. The molecule has 0 radical (unpaired) electrons. The minimum absolute atomic E-state index is 0.224. The van der Waals surface area contributed by atoms with Gasteiger partial charge in [0.1, 0.15) is 5.01 Å². The second kappa shape index (κ2) is 6.58. The smallest absolute Gasteiger partial charge is 0.311 e. The highest BCUT2D eigenvalue weighted by Gasteiger charge is 2.10. The van der Waals surface area contributed by atoms with Crippen molar-refractivity contribution in [3.63, 3.8) is 0 Å². The Bertz CT molecular complexity index is 763. The predicted molar refractivity (Wildman–Crippen MR) is 87.2 cm³/mol. The summed E-state index contributed by atoms with van der Waals surface area (Å²) in [7, 11) is 0. The fourth-order valence-electron chi connectivity index (χ4n) is 2.19. The molecule has 0 amide bonds. The molecule has 3 rings (SSSR count). The maximum absolute atomic E-state index is 11.5. The van der Waals surface area contributed by atoms with E-state index in [0.717, 1.165) is 22.0 Å². The average Bonchev–Trinajstić information content (AvgIpc) is 3.19. The average molecular weight is 312 g/mol. The summed E-state index contributed by atoms with van der Waals surface area (Å²) in [5.41, 5.74) is 2.89. The first-order chi connectivity index (χ1) is 10.8. The Balaban J connectivity index is 1.81. The molecule has 112 valence electrons. The van der Waals surface area contributed by atoms with Crippen LogP contribution in [0.15, 0.2) is 54.2 Å². The highest BCUT2D eigenvalue weighted by molar-refractivity contribution is 7.13. The zero-order valence-corrected chi connectivity index (χ0v) is 13.0. The van der Waals surface area contributed by atoms with Gasteiger partial charge in [-0.1, -0.05) is 12.1 Å². The number of ether oxygens (including phenoxy) is 1. The summed E-state index contributed by atoms with van der Waals surface area (Å²) in [4.78, 5) is 16.0. The van der Waals surface area contributed by atoms with Crippen LogP contribution < -0.4 is 0 Å². The summed E-state index contributed by atoms with van der Waals surface area (Å²) < 4.78 is 7.00. The maximum Gasteiger partial charge on any atom is 0.311 e. The van der Waals surface area contributed by atoms with Crippen LogP contribution in [0.4, 0.5) is 0 Å². The van der Waals surface area contributed by atoms with Crippen molar-refractivity contribution in [2.45, 2.75) is 13.3 Å². The van der Waals surface area contributed by atoms with Gasteiger partial charge in [0.15, 0.2) is 0 Å². The van der Waals surface area contributed by atoms with E-state index in [1.54, 1.807) is 18.3 Å². The number of thiazole rings is 1. The number of esters is 1. The fraction of sp³-hybridized carbons (Fsp3) is 0.176. The molecule has 22 heavy (non-hydrogen) atoms. The van der Waals surface area contributed by atoms with Crippen LogP contribution in [-0.2, 0) is 16.0 Å². The van der Waals surface area contributed by atoms with E-state index in [-0.39, 0.29) is 12.4 Å². The van der Waals surface area contributed by atoms with Crippen LogP contribution in [0.25, 0.3) is 16.3 Å². The number of benzene rings is 1. The van der Waals surface area contributed by atoms with Crippen molar-refractivity contribution in [1.82, 2.24) is 9.55 Å². The van der Waals surface area contributed by atoms with E-state index in [4.69, 9.17) is 4.74 Å². The molecule has 0 N–H and O–H groups in total. The molecule has 0 saturated heterocycles. The molecule has 3 aromatic rings. The molecule has 0 aliphatic rings. The van der Waals surface area contributed by atoms with Crippen LogP contribution in [-0.4, -0.2) is 22.1 Å². The first kappa shape index (κ1) is 14.5. The molecule has 0 fully saturated rings. The Hall–Kier alpha value is -2.40. The van der Waals surface area contributed by atoms with Gasteiger partial charge in [0.05, 0.1) is 18.7 Å². The van der Waals surface area contributed by atoms with Gasteiger partial charge in [-0.2, -0.15) is 0 Å². The number of rotatable bonds is 5. The second-order valence-corrected chi connectivity index (χ2v) is 5.62. The van der Waals surface area contributed by atoms with Crippen LogP contribution >= 0.6 is 11.3 Å². The first-order valence-corrected chi connectivity index (χ1v) is 7.98. The summed E-state index contributed by atoms with van der Waals surface area (Å²) in [5.74, 6) is -0.236. The van der Waals surface area contributed by atoms with E-state index in [9.17, 15) is 4.79 Å². The lowest BCUT2D eigenvalue weighted by atomic mass is 10.2. The summed E-state index contributed by atoms with van der Waals surface area (Å²) in [5, 5.41) is 2.82. The molecular weight excluding hydrogens is 296 g/mol. The number of hydrogen-bond donors (Lipinski definition) is 0. The molecule has 0 spiro atoms. The molecule has 0 aliphatic carbocycles. The Kier molecular flexibility index (Phi) is 4.34. The van der Waals surface area contributed by atoms with E-state index < -0.39 is 0 Å². The third-order valence-corrected chi connectivity index (χ3v) is 4.12. The van der Waals surface area contributed by atoms with Crippen LogP contribution in [0.2, 0.25) is 0 Å². The first-order valence-electron chi connectivity index (χ1n) is 7.10. The molecule has 4 nitrogen and oxygen atoms in total. The van der Waals surface area contributed by atoms with Crippen molar-refractivity contribution in [3.8, 4) is 16.3 Å². The monoisotopic (exact) mass is 312 g/mol. The maximum atomic E-state index is 11.5. The van der Waals surface area contributed by atoms with Crippen molar-refractivity contribution < 1.29 is 9.53 Å². The van der Waals surface area contributed by atoms with Gasteiger partial charge in [-0.3, -0.25) is 4.79 Å². The normalized spacial score (nSPS) is 10.6. The third kappa shape index (κ3) is 3.26. The van der Waals surface area contributed by atoms with Gasteiger partial charge in [0, 0.05) is 29.0 Å². The standard InChI is InChI=1S/C17H16N2O2S/c1-2-21-16(20)11-14-12-22-17(18-14)13-6-5-7-15(10-13)19-8-3-4-9-19/h3-10,12H,2,11H2,1H3. The quantitative estimate of drug-likeness (QED) is 0.675. The molecule has 0 aliphatic heterocycles. The summed E-state index contributed by atoms with van der Waals surface area (Å²) >= 11 is 1.54. The SMILES string of the molecule is CCOC(=O)Cc1csc(-c2cccc(-n3cccc3)c2)n1. The van der Waals surface area contributed by atoms with Crippen molar-refractivity contribution in [2.24, 2.45) is 0 Å². The van der Waals surface area contributed by atoms with Crippen LogP contribution in [0, 0.1) is 0 Å². The van der Waals surface area contributed by atoms with E-state index in [2.05, 4.69) is 21.7 Å². The molecule has 2 aromatic heterocycles. The predicted octanol–water partition coefficient (Wildman–Crippen LogP) is 3.71. The number of aromatic nitrogens is 2. The Labute approximate surface area is 133 Å². The number of hydrogen-bond acceptors (Lipinski definition) is 4. The number of carbonyl (C=O) groups is 1. The van der Waals surface area contributed by atoms with Crippen molar-refractivity contribution in [3.05, 3.63) is 59.9 Å². The lowest BCUT2D eigenvalue weighted by Crippen LogP contribution is -2.07. The summed E-state index contributed by atoms with van der Waals surface area (Å²) in [6.45, 7) is 2.20. The van der Waals surface area contributed by atoms with Crippen molar-refractivity contribution in [1.29, 1.82) is 0 Å². The van der Waals surface area contributed by atoms with Crippen molar-refractivity contribution >= 4 is 17.3 Å². The van der Waals surface area contributed by atoms with Crippen LogP contribution in [0.5, 0.6) is 0 Å². The van der Waals surface area contributed by atoms with Crippen LogP contribution in [0.3, 0.4) is 0 Å². The molecule has 0 bridgehead atoms. The second-order valence-electron chi connectivity index (χ2n) is 4.77. The summed E-state index contributed by atoms with van der Waals surface area (Å²) in [6.07, 6.45) is 4.24. The van der Waals surface area contributed by atoms with Gasteiger partial charge in [-0.15, -0.1) is 11.3 Å². The zero-order chi connectivity index (χ0) is 15.4. The lowest BCUT2D eigenvalue weighted by Gasteiger charge is -2.04. The van der Waals surface area contributed by atoms with Gasteiger partial charge in [-0.05, 0) is 31.2 Å².